The summed E-state index contributed by atoms with van der Waals surface area (Å²) in [5, 5.41) is 9.35. The lowest BCUT2D eigenvalue weighted by Crippen LogP contribution is -2.59. The Morgan fingerprint density at radius 3 is 1.89 bits per heavy atom. The molecule has 2 aliphatic rings. The number of nitriles is 1. The van der Waals surface area contributed by atoms with E-state index in [1.807, 2.05) is 0 Å². The highest BCUT2D eigenvalue weighted by Gasteiger charge is 2.59. The van der Waals surface area contributed by atoms with Crippen molar-refractivity contribution in [2.45, 2.75) is 67.9 Å². The Morgan fingerprint density at radius 2 is 1.44 bits per heavy atom. The van der Waals surface area contributed by atoms with Gasteiger partial charge < -0.3 is 4.74 Å². The highest BCUT2D eigenvalue weighted by molar-refractivity contribution is 7.87. The zero-order valence-electron chi connectivity index (χ0n) is 14.3. The van der Waals surface area contributed by atoms with Crippen LogP contribution in [0.15, 0.2) is 5.16 Å². The minimum atomic E-state index is -5.29. The average Bonchev–Trinajstić information content (AvgIpc) is 2.65. The minimum Gasteiger partial charge on any atom is -0.381 e. The Balaban J connectivity index is 2.14. The Morgan fingerprint density at radius 1 is 0.963 bits per heavy atom. The fourth-order valence-electron chi connectivity index (χ4n) is 3.28. The van der Waals surface area contributed by atoms with E-state index in [1.165, 1.54) is 7.11 Å². The number of rotatable bonds is 5. The largest absolute Gasteiger partial charge is 0.381 e. The van der Waals surface area contributed by atoms with Gasteiger partial charge in [-0.3, -0.25) is 4.28 Å². The van der Waals surface area contributed by atoms with Crippen LogP contribution in [-0.2, 0) is 19.1 Å². The van der Waals surface area contributed by atoms with Crippen LogP contribution in [0.3, 0.4) is 0 Å². The molecule has 154 valence electrons. The summed E-state index contributed by atoms with van der Waals surface area (Å²) in [7, 11) is -3.76. The molecule has 0 aromatic rings. The predicted octanol–water partition coefficient (Wildman–Crippen LogP) is 2.49. The molecule has 0 heterocycles. The molecule has 2 aliphatic carbocycles. The first-order valence-electron chi connectivity index (χ1n) is 8.27. The first kappa shape index (κ1) is 21.8. The highest BCUT2D eigenvalue weighted by Crippen LogP contribution is 2.36. The molecule has 0 saturated heterocycles. The number of oxime groups is 1. The van der Waals surface area contributed by atoms with Crippen LogP contribution in [0.1, 0.15) is 25.7 Å². The van der Waals surface area contributed by atoms with Gasteiger partial charge in [-0.1, -0.05) is 5.16 Å². The first-order valence-corrected chi connectivity index (χ1v) is 9.74. The van der Waals surface area contributed by atoms with E-state index in [-0.39, 0.29) is 11.8 Å². The molecule has 0 aromatic carbocycles. The molecular weight excluding hydrogens is 399 g/mol. The van der Waals surface area contributed by atoms with E-state index in [0.717, 1.165) is 0 Å². The average molecular weight is 418 g/mol. The third-order valence-corrected chi connectivity index (χ3v) is 6.40. The quantitative estimate of drug-likeness (QED) is 0.389. The zero-order chi connectivity index (χ0) is 20.4. The van der Waals surface area contributed by atoms with Gasteiger partial charge in [0.15, 0.2) is 41.8 Å². The van der Waals surface area contributed by atoms with Crippen molar-refractivity contribution in [2.75, 3.05) is 7.11 Å². The monoisotopic (exact) mass is 418 g/mol. The molecule has 0 aliphatic heterocycles. The van der Waals surface area contributed by atoms with Gasteiger partial charge in [0.25, 0.3) is 0 Å². The summed E-state index contributed by atoms with van der Waals surface area (Å²) in [6, 6.07) is 1.65. The number of alkyl halides is 5. The van der Waals surface area contributed by atoms with E-state index in [1.54, 1.807) is 6.07 Å². The number of hydrogen-bond acceptors (Lipinski definition) is 6. The second-order valence-electron chi connectivity index (χ2n) is 6.55. The van der Waals surface area contributed by atoms with Crippen molar-refractivity contribution in [2.24, 2.45) is 11.1 Å². The molecule has 0 radical (unpaired) electrons. The summed E-state index contributed by atoms with van der Waals surface area (Å²) in [6.45, 7) is 0. The molecule has 0 bridgehead atoms. The Labute approximate surface area is 153 Å². The molecule has 27 heavy (non-hydrogen) atoms. The van der Waals surface area contributed by atoms with Crippen LogP contribution in [0.2, 0.25) is 0 Å². The lowest BCUT2D eigenvalue weighted by atomic mass is 9.84. The van der Waals surface area contributed by atoms with Crippen molar-refractivity contribution in [3.63, 3.8) is 0 Å². The van der Waals surface area contributed by atoms with Crippen molar-refractivity contribution in [1.82, 2.24) is 0 Å². The van der Waals surface area contributed by atoms with Gasteiger partial charge in [0, 0.05) is 13.0 Å². The van der Waals surface area contributed by atoms with Crippen molar-refractivity contribution in [1.29, 1.82) is 5.26 Å². The second kappa shape index (κ2) is 8.68. The molecule has 0 aromatic heterocycles. The van der Waals surface area contributed by atoms with Crippen molar-refractivity contribution >= 4 is 15.8 Å². The molecule has 2 fully saturated rings. The smallest absolute Gasteiger partial charge is 0.337 e. The Bertz CT molecular complexity index is 677. The summed E-state index contributed by atoms with van der Waals surface area (Å²) in [4.78, 5) is 0. The molecule has 0 amide bonds. The summed E-state index contributed by atoms with van der Waals surface area (Å²) in [5.74, 6) is -0.455. The molecule has 12 heteroatoms. The molecule has 4 unspecified atom stereocenters. The van der Waals surface area contributed by atoms with Crippen LogP contribution in [0.4, 0.5) is 22.0 Å². The van der Waals surface area contributed by atoms with Gasteiger partial charge in [0.1, 0.15) is 6.07 Å². The summed E-state index contributed by atoms with van der Waals surface area (Å²) < 4.78 is 101. The Hall–Kier alpha value is -1.48. The highest BCUT2D eigenvalue weighted by atomic mass is 32.2. The first-order chi connectivity index (χ1) is 12.6. The number of halogens is 5. The van der Waals surface area contributed by atoms with Crippen LogP contribution < -0.4 is 0 Å². The van der Waals surface area contributed by atoms with E-state index in [9.17, 15) is 30.4 Å². The molecular formula is C15H19F5N2O4S. The molecule has 6 nitrogen and oxygen atoms in total. The summed E-state index contributed by atoms with van der Waals surface area (Å²) in [6.07, 6.45) is -13.8. The van der Waals surface area contributed by atoms with Gasteiger partial charge >= 0.3 is 10.1 Å². The van der Waals surface area contributed by atoms with Crippen molar-refractivity contribution in [3.05, 3.63) is 0 Å². The minimum absolute atomic E-state index is 0.00991. The van der Waals surface area contributed by atoms with E-state index in [0.29, 0.717) is 25.7 Å². The van der Waals surface area contributed by atoms with Crippen molar-refractivity contribution < 1.29 is 39.4 Å². The number of nitrogens with zero attached hydrogens (tertiary/aromatic N) is 2. The summed E-state index contributed by atoms with van der Waals surface area (Å²) >= 11 is 0. The van der Waals surface area contributed by atoms with Crippen molar-refractivity contribution in [3.8, 4) is 6.07 Å². The molecule has 2 rings (SSSR count). The number of hydrogen-bond donors (Lipinski definition) is 0. The number of methoxy groups -OCH3 is 1. The summed E-state index contributed by atoms with van der Waals surface area (Å²) in [5.41, 5.74) is -0.327. The Kier molecular flexibility index (Phi) is 7.02. The lowest BCUT2D eigenvalue weighted by molar-refractivity contribution is -0.0494. The SMILES string of the molecule is COC1CCC(/C(C#N)=N\OS(=O)(=O)C2C(F)C(F)C(F)C(F)C2F)CC1. The maximum Gasteiger partial charge on any atom is 0.337 e. The van der Waals surface area contributed by atoms with Crippen LogP contribution in [-0.4, -0.2) is 63.5 Å². The van der Waals surface area contributed by atoms with Crippen LogP contribution in [0.25, 0.3) is 0 Å². The van der Waals surface area contributed by atoms with E-state index < -0.39 is 52.1 Å². The van der Waals surface area contributed by atoms with E-state index in [4.69, 9.17) is 10.00 Å². The van der Waals surface area contributed by atoms with Crippen LogP contribution in [0.5, 0.6) is 0 Å². The fraction of sp³-hybridized carbons (Fsp3) is 0.867. The van der Waals surface area contributed by atoms with Gasteiger partial charge in [-0.25, -0.2) is 22.0 Å². The van der Waals surface area contributed by atoms with Crippen LogP contribution in [0, 0.1) is 17.2 Å². The zero-order valence-corrected chi connectivity index (χ0v) is 15.1. The third-order valence-electron chi connectivity index (χ3n) is 4.93. The van der Waals surface area contributed by atoms with Crippen LogP contribution >= 0.6 is 0 Å². The molecule has 4 atom stereocenters. The standard InChI is InChI=1S/C15H19F5N2O4S/c1-25-8-4-2-7(3-5-8)9(6-21)22-26-27(23,24)15-13(19)11(17)10(16)12(18)14(15)20/h7-8,10-15H,2-5H2,1H3/b22-9-. The normalized spacial score (nSPS) is 41.0. The predicted molar refractivity (Wildman–Crippen MR) is 84.1 cm³/mol. The lowest BCUT2D eigenvalue weighted by Gasteiger charge is -2.34. The van der Waals surface area contributed by atoms with E-state index in [2.05, 4.69) is 9.44 Å². The maximum atomic E-state index is 13.8. The van der Waals surface area contributed by atoms with Gasteiger partial charge in [-0.2, -0.15) is 13.7 Å². The molecule has 0 spiro atoms. The number of ether oxygens (including phenoxy) is 1. The van der Waals surface area contributed by atoms with Gasteiger partial charge in [-0.05, 0) is 25.7 Å². The van der Waals surface area contributed by atoms with Gasteiger partial charge in [0.05, 0.1) is 6.10 Å². The van der Waals surface area contributed by atoms with E-state index >= 15 is 0 Å². The van der Waals surface area contributed by atoms with Gasteiger partial charge in [0.2, 0.25) is 0 Å². The third kappa shape index (κ3) is 4.51. The molecule has 0 N–H and O–H groups in total. The van der Waals surface area contributed by atoms with Gasteiger partial charge in [-0.15, -0.1) is 0 Å². The molecule has 2 saturated carbocycles. The maximum absolute atomic E-state index is 13.8. The second-order valence-corrected chi connectivity index (χ2v) is 8.23. The fourth-order valence-corrected chi connectivity index (χ4v) is 4.50. The topological polar surface area (TPSA) is 88.8 Å².